The summed E-state index contributed by atoms with van der Waals surface area (Å²) >= 11 is 0. The molecule has 2 fully saturated rings. The normalized spacial score (nSPS) is 21.0. The van der Waals surface area contributed by atoms with E-state index in [-0.39, 0.29) is 18.2 Å². The molecule has 7 nitrogen and oxygen atoms in total. The fraction of sp³-hybridized carbons (Fsp3) is 0.519. The first-order valence-corrected chi connectivity index (χ1v) is 12.6. The smallest absolute Gasteiger partial charge is 0.319 e. The zero-order chi connectivity index (χ0) is 24.6. The van der Waals surface area contributed by atoms with Crippen LogP contribution in [0, 0.1) is 0 Å². The van der Waals surface area contributed by atoms with Crippen LogP contribution >= 0.6 is 0 Å². The number of rotatable bonds is 8. The molecule has 0 aromatic heterocycles. The molecule has 1 aliphatic carbocycles. The van der Waals surface area contributed by atoms with Crippen molar-refractivity contribution in [2.24, 2.45) is 0 Å². The lowest BCUT2D eigenvalue weighted by molar-refractivity contribution is 0.137. The van der Waals surface area contributed by atoms with Crippen LogP contribution in [0.1, 0.15) is 39.5 Å². The Hall–Kier alpha value is -3.00. The monoisotopic (exact) mass is 484 g/mol. The number of ether oxygens (including phenoxy) is 2. The van der Waals surface area contributed by atoms with Crippen LogP contribution in [0.5, 0.6) is 11.5 Å². The molecule has 190 valence electrons. The molecule has 0 spiro atoms. The molecule has 1 saturated heterocycles. The van der Waals surface area contributed by atoms with Crippen molar-refractivity contribution in [3.8, 4) is 11.5 Å². The van der Waals surface area contributed by atoms with Gasteiger partial charge in [-0.05, 0) is 63.8 Å². The van der Waals surface area contributed by atoms with Gasteiger partial charge in [0.05, 0.1) is 17.5 Å². The van der Waals surface area contributed by atoms with Crippen LogP contribution in [0.4, 0.5) is 20.6 Å². The molecule has 2 aromatic rings. The van der Waals surface area contributed by atoms with Gasteiger partial charge in [-0.3, -0.25) is 4.90 Å². The van der Waals surface area contributed by atoms with Gasteiger partial charge in [0.25, 0.3) is 0 Å². The predicted molar refractivity (Wildman–Crippen MR) is 137 cm³/mol. The number of piperazine rings is 1. The zero-order valence-corrected chi connectivity index (χ0v) is 20.7. The van der Waals surface area contributed by atoms with Crippen molar-refractivity contribution < 1.29 is 18.7 Å². The quantitative estimate of drug-likeness (QED) is 0.550. The van der Waals surface area contributed by atoms with Gasteiger partial charge in [-0.25, -0.2) is 9.18 Å². The summed E-state index contributed by atoms with van der Waals surface area (Å²) in [6, 6.07) is 15.6. The molecule has 2 aliphatic rings. The van der Waals surface area contributed by atoms with Crippen molar-refractivity contribution in [1.82, 2.24) is 10.2 Å². The third-order valence-electron chi connectivity index (χ3n) is 6.78. The van der Waals surface area contributed by atoms with E-state index in [2.05, 4.69) is 52.5 Å². The van der Waals surface area contributed by atoms with Gasteiger partial charge in [-0.2, -0.15) is 0 Å². The van der Waals surface area contributed by atoms with Crippen molar-refractivity contribution in [2.45, 2.75) is 57.7 Å². The van der Waals surface area contributed by atoms with E-state index >= 15 is 0 Å². The molecular weight excluding hydrogens is 447 g/mol. The number of anilines is 2. The van der Waals surface area contributed by atoms with E-state index < -0.39 is 6.86 Å². The summed E-state index contributed by atoms with van der Waals surface area (Å²) in [6.45, 7) is 7.22. The molecule has 0 unspecified atom stereocenters. The topological polar surface area (TPSA) is 66.1 Å². The first kappa shape index (κ1) is 25.1. The lowest BCUT2D eigenvalue weighted by atomic mass is 9.90. The maximum atomic E-state index is 12.6. The summed E-state index contributed by atoms with van der Waals surface area (Å²) in [5.41, 5.74) is 1.65. The largest absolute Gasteiger partial charge is 0.489 e. The number of hydrogen-bond acceptors (Lipinski definition) is 5. The molecule has 35 heavy (non-hydrogen) atoms. The van der Waals surface area contributed by atoms with Crippen molar-refractivity contribution in [3.63, 3.8) is 0 Å². The first-order chi connectivity index (χ1) is 17.0. The first-order valence-electron chi connectivity index (χ1n) is 12.6. The fourth-order valence-electron chi connectivity index (χ4n) is 5.08. The Morgan fingerprint density at radius 3 is 2.31 bits per heavy atom. The molecule has 2 aromatic carbocycles. The highest BCUT2D eigenvalue weighted by molar-refractivity contribution is 5.91. The number of hydrogen-bond donors (Lipinski definition) is 2. The predicted octanol–water partition coefficient (Wildman–Crippen LogP) is 5.03. The van der Waals surface area contributed by atoms with E-state index in [4.69, 9.17) is 9.47 Å². The standard InChI is InChI=1S/C27H37FN4O3/c1-20(2)35-26-10-6-4-8-24(26)32-17-15-31(16-18-32)22-13-11-21(12-14-22)29-27(33)30-23-7-3-5-9-25(23)34-19-28/h3-10,20-22H,11-19H2,1-2H3,(H2,29,30,33). The highest BCUT2D eigenvalue weighted by Crippen LogP contribution is 2.31. The van der Waals surface area contributed by atoms with Gasteiger partial charge in [-0.15, -0.1) is 0 Å². The van der Waals surface area contributed by atoms with Crippen molar-refractivity contribution in [1.29, 1.82) is 0 Å². The molecule has 2 amide bonds. The van der Waals surface area contributed by atoms with E-state index in [1.807, 2.05) is 6.07 Å². The lowest BCUT2D eigenvalue weighted by Gasteiger charge is -2.43. The maximum Gasteiger partial charge on any atom is 0.319 e. The SMILES string of the molecule is CC(C)Oc1ccccc1N1CCN(C2CCC(NC(=O)Nc3ccccc3OCF)CC2)CC1. The number of benzene rings is 2. The van der Waals surface area contributed by atoms with Gasteiger partial charge >= 0.3 is 6.03 Å². The summed E-state index contributed by atoms with van der Waals surface area (Å²) in [4.78, 5) is 17.5. The van der Waals surface area contributed by atoms with E-state index in [1.165, 1.54) is 5.69 Å². The highest BCUT2D eigenvalue weighted by Gasteiger charge is 2.29. The zero-order valence-electron chi connectivity index (χ0n) is 20.7. The Morgan fingerprint density at radius 2 is 1.63 bits per heavy atom. The van der Waals surface area contributed by atoms with Gasteiger partial charge in [0.15, 0.2) is 0 Å². The molecule has 1 saturated carbocycles. The van der Waals surface area contributed by atoms with Gasteiger partial charge < -0.3 is 25.0 Å². The van der Waals surface area contributed by atoms with Crippen LogP contribution in [-0.4, -0.2) is 62.2 Å². The summed E-state index contributed by atoms with van der Waals surface area (Å²) in [7, 11) is 0. The molecule has 8 heteroatoms. The van der Waals surface area contributed by atoms with Gasteiger partial charge in [0.1, 0.15) is 11.5 Å². The second-order valence-corrected chi connectivity index (χ2v) is 9.51. The number of alkyl halides is 1. The number of carbonyl (C=O) groups excluding carboxylic acids is 1. The molecule has 0 radical (unpaired) electrons. The molecule has 1 heterocycles. The number of para-hydroxylation sites is 4. The maximum absolute atomic E-state index is 12.6. The summed E-state index contributed by atoms with van der Waals surface area (Å²) < 4.78 is 23.5. The molecule has 1 aliphatic heterocycles. The van der Waals surface area contributed by atoms with Crippen LogP contribution in [0.25, 0.3) is 0 Å². The summed E-state index contributed by atoms with van der Waals surface area (Å²) in [5, 5.41) is 5.86. The molecule has 0 atom stereocenters. The van der Waals surface area contributed by atoms with Crippen molar-refractivity contribution in [2.75, 3.05) is 43.3 Å². The van der Waals surface area contributed by atoms with Crippen LogP contribution in [0.3, 0.4) is 0 Å². The van der Waals surface area contributed by atoms with Gasteiger partial charge in [-0.1, -0.05) is 24.3 Å². The number of nitrogens with one attached hydrogen (secondary N) is 2. The van der Waals surface area contributed by atoms with E-state index in [0.29, 0.717) is 17.5 Å². The van der Waals surface area contributed by atoms with E-state index in [9.17, 15) is 9.18 Å². The number of carbonyl (C=O) groups is 1. The minimum absolute atomic E-state index is 0.141. The summed E-state index contributed by atoms with van der Waals surface area (Å²) in [5.74, 6) is 1.28. The Balaban J connectivity index is 1.22. The second kappa shape index (κ2) is 12.1. The van der Waals surface area contributed by atoms with Crippen LogP contribution < -0.4 is 25.0 Å². The number of amides is 2. The minimum atomic E-state index is -0.934. The fourth-order valence-corrected chi connectivity index (χ4v) is 5.08. The molecule has 2 N–H and O–H groups in total. The van der Waals surface area contributed by atoms with E-state index in [0.717, 1.165) is 57.6 Å². The molecular formula is C27H37FN4O3. The number of nitrogens with zero attached hydrogens (tertiary/aromatic N) is 2. The molecule has 0 bridgehead atoms. The second-order valence-electron chi connectivity index (χ2n) is 9.51. The van der Waals surface area contributed by atoms with Gasteiger partial charge in [0, 0.05) is 38.3 Å². The summed E-state index contributed by atoms with van der Waals surface area (Å²) in [6.07, 6.45) is 4.19. The average molecular weight is 485 g/mol. The van der Waals surface area contributed by atoms with Crippen molar-refractivity contribution >= 4 is 17.4 Å². The van der Waals surface area contributed by atoms with Crippen LogP contribution in [0.2, 0.25) is 0 Å². The van der Waals surface area contributed by atoms with Crippen molar-refractivity contribution in [3.05, 3.63) is 48.5 Å². The van der Waals surface area contributed by atoms with Crippen LogP contribution in [-0.2, 0) is 0 Å². The number of urea groups is 1. The number of halogens is 1. The van der Waals surface area contributed by atoms with Gasteiger partial charge in [0.2, 0.25) is 6.86 Å². The highest BCUT2D eigenvalue weighted by atomic mass is 19.1. The van der Waals surface area contributed by atoms with E-state index in [1.54, 1.807) is 24.3 Å². The average Bonchev–Trinajstić information content (AvgIpc) is 2.86. The Labute approximate surface area is 207 Å². The Morgan fingerprint density at radius 1 is 0.971 bits per heavy atom. The third-order valence-corrected chi connectivity index (χ3v) is 6.78. The Kier molecular flexibility index (Phi) is 8.69. The molecule has 4 rings (SSSR count). The van der Waals surface area contributed by atoms with Crippen LogP contribution in [0.15, 0.2) is 48.5 Å². The lowest BCUT2D eigenvalue weighted by Crippen LogP contribution is -2.52. The third kappa shape index (κ3) is 6.78. The minimum Gasteiger partial charge on any atom is -0.489 e. The Bertz CT molecular complexity index is 957.